The van der Waals surface area contributed by atoms with Gasteiger partial charge < -0.3 is 15.3 Å². The molecule has 0 aliphatic heterocycles. The molecular weight excluding hydrogens is 234 g/mol. The highest BCUT2D eigenvalue weighted by Gasteiger charge is 2.19. The van der Waals surface area contributed by atoms with Gasteiger partial charge in [0, 0.05) is 26.0 Å². The smallest absolute Gasteiger partial charge is 0.326 e. The van der Waals surface area contributed by atoms with Crippen LogP contribution in [0.3, 0.4) is 0 Å². The molecule has 1 aromatic heterocycles. The molecule has 0 aromatic carbocycles. The summed E-state index contributed by atoms with van der Waals surface area (Å²) in [6, 6.07) is 2.38. The molecule has 1 heterocycles. The number of carboxylic acids is 1. The molecule has 6 heteroatoms. The summed E-state index contributed by atoms with van der Waals surface area (Å²) in [4.78, 5) is 27.9. The highest BCUT2D eigenvalue weighted by molar-refractivity contribution is 5.82. The number of amides is 2. The van der Waals surface area contributed by atoms with Crippen molar-refractivity contribution < 1.29 is 14.7 Å². The number of rotatable bonds is 5. The quantitative estimate of drug-likeness (QED) is 0.820. The second kappa shape index (κ2) is 6.58. The Kier molecular flexibility index (Phi) is 5.10. The molecule has 1 atom stereocenters. The first-order valence-corrected chi connectivity index (χ1v) is 5.68. The molecule has 0 fully saturated rings. The van der Waals surface area contributed by atoms with Gasteiger partial charge >= 0.3 is 12.0 Å². The van der Waals surface area contributed by atoms with Gasteiger partial charge in [-0.3, -0.25) is 4.98 Å². The second-order valence-electron chi connectivity index (χ2n) is 3.97. The molecule has 0 bridgehead atoms. The minimum absolute atomic E-state index is 0.349. The van der Waals surface area contributed by atoms with E-state index in [-0.39, 0.29) is 0 Å². The monoisotopic (exact) mass is 251 g/mol. The molecule has 0 aliphatic carbocycles. The van der Waals surface area contributed by atoms with Crippen LogP contribution in [0.15, 0.2) is 24.5 Å². The summed E-state index contributed by atoms with van der Waals surface area (Å²) >= 11 is 0. The third-order valence-corrected chi connectivity index (χ3v) is 2.49. The number of hydrogen-bond donors (Lipinski definition) is 2. The first-order valence-electron chi connectivity index (χ1n) is 5.68. The lowest BCUT2D eigenvalue weighted by atomic mass is 10.2. The fourth-order valence-corrected chi connectivity index (χ4v) is 1.43. The van der Waals surface area contributed by atoms with Crippen molar-refractivity contribution in [2.24, 2.45) is 0 Å². The highest BCUT2D eigenvalue weighted by atomic mass is 16.4. The van der Waals surface area contributed by atoms with Gasteiger partial charge in [0.05, 0.1) is 0 Å². The van der Waals surface area contributed by atoms with Gasteiger partial charge in [0.2, 0.25) is 0 Å². The Morgan fingerprint density at radius 3 is 2.78 bits per heavy atom. The van der Waals surface area contributed by atoms with E-state index in [9.17, 15) is 9.59 Å². The van der Waals surface area contributed by atoms with Gasteiger partial charge in [-0.25, -0.2) is 9.59 Å². The topological polar surface area (TPSA) is 82.5 Å². The number of aliphatic carboxylic acids is 1. The van der Waals surface area contributed by atoms with E-state index in [2.05, 4.69) is 10.3 Å². The standard InChI is InChI=1S/C12H17N3O3/c1-3-10(11(16)17)14-12(18)15(2)8-9-5-4-6-13-7-9/h4-7,10H,3,8H2,1-2H3,(H,14,18)(H,16,17). The number of hydrogen-bond acceptors (Lipinski definition) is 3. The SMILES string of the molecule is CCC(NC(=O)N(C)Cc1cccnc1)C(=O)O. The van der Waals surface area contributed by atoms with Crippen LogP contribution in [0, 0.1) is 0 Å². The van der Waals surface area contributed by atoms with E-state index in [1.54, 1.807) is 32.4 Å². The third kappa shape index (κ3) is 4.04. The fourth-order valence-electron chi connectivity index (χ4n) is 1.43. The number of aromatic nitrogens is 1. The minimum atomic E-state index is -1.03. The molecule has 2 amide bonds. The molecule has 0 saturated carbocycles. The number of carbonyl (C=O) groups is 2. The van der Waals surface area contributed by atoms with E-state index in [0.29, 0.717) is 13.0 Å². The maximum Gasteiger partial charge on any atom is 0.326 e. The third-order valence-electron chi connectivity index (χ3n) is 2.49. The number of carbonyl (C=O) groups excluding carboxylic acids is 1. The number of carboxylic acid groups (broad SMARTS) is 1. The molecule has 1 unspecified atom stereocenters. The first-order chi connectivity index (χ1) is 8.54. The summed E-state index contributed by atoms with van der Waals surface area (Å²) < 4.78 is 0. The molecule has 0 radical (unpaired) electrons. The maximum absolute atomic E-state index is 11.8. The Morgan fingerprint density at radius 2 is 2.28 bits per heavy atom. The number of nitrogens with zero attached hydrogens (tertiary/aromatic N) is 2. The van der Waals surface area contributed by atoms with E-state index in [1.165, 1.54) is 4.90 Å². The van der Waals surface area contributed by atoms with Crippen LogP contribution < -0.4 is 5.32 Å². The van der Waals surface area contributed by atoms with E-state index in [1.807, 2.05) is 6.07 Å². The van der Waals surface area contributed by atoms with Crippen molar-refractivity contribution in [3.63, 3.8) is 0 Å². The molecule has 1 rings (SSSR count). The van der Waals surface area contributed by atoms with Gasteiger partial charge in [-0.15, -0.1) is 0 Å². The van der Waals surface area contributed by atoms with Crippen LogP contribution in [0.25, 0.3) is 0 Å². The number of pyridine rings is 1. The average molecular weight is 251 g/mol. The Balaban J connectivity index is 2.54. The second-order valence-corrected chi connectivity index (χ2v) is 3.97. The molecule has 6 nitrogen and oxygen atoms in total. The molecule has 0 aliphatic rings. The van der Waals surface area contributed by atoms with E-state index < -0.39 is 18.0 Å². The molecule has 2 N–H and O–H groups in total. The van der Waals surface area contributed by atoms with E-state index in [0.717, 1.165) is 5.56 Å². The van der Waals surface area contributed by atoms with Gasteiger partial charge in [0.15, 0.2) is 0 Å². The molecule has 18 heavy (non-hydrogen) atoms. The Labute approximate surface area is 106 Å². The lowest BCUT2D eigenvalue weighted by Crippen LogP contribution is -2.46. The van der Waals surface area contributed by atoms with Crippen LogP contribution in [0.4, 0.5) is 4.79 Å². The van der Waals surface area contributed by atoms with Gasteiger partial charge in [0.1, 0.15) is 6.04 Å². The van der Waals surface area contributed by atoms with E-state index in [4.69, 9.17) is 5.11 Å². The lowest BCUT2D eigenvalue weighted by Gasteiger charge is -2.20. The minimum Gasteiger partial charge on any atom is -0.480 e. The zero-order valence-electron chi connectivity index (χ0n) is 10.5. The fraction of sp³-hybridized carbons (Fsp3) is 0.417. The molecule has 98 valence electrons. The normalized spacial score (nSPS) is 11.7. The average Bonchev–Trinajstić information content (AvgIpc) is 2.36. The molecular formula is C12H17N3O3. The predicted octanol–water partition coefficient (Wildman–Crippen LogP) is 1.09. The summed E-state index contributed by atoms with van der Waals surface area (Å²) in [7, 11) is 1.61. The Bertz CT molecular complexity index is 408. The largest absolute Gasteiger partial charge is 0.480 e. The summed E-state index contributed by atoms with van der Waals surface area (Å²) in [6.45, 7) is 2.09. The van der Waals surface area contributed by atoms with Crippen LogP contribution in [-0.4, -0.2) is 40.1 Å². The van der Waals surface area contributed by atoms with Crippen LogP contribution >= 0.6 is 0 Å². The van der Waals surface area contributed by atoms with Crippen LogP contribution in [0.5, 0.6) is 0 Å². The Hall–Kier alpha value is -2.11. The summed E-state index contributed by atoms with van der Waals surface area (Å²) in [5.41, 5.74) is 0.888. The first kappa shape index (κ1) is 14.0. The molecule has 0 spiro atoms. The maximum atomic E-state index is 11.8. The van der Waals surface area contributed by atoms with Crippen molar-refractivity contribution in [2.75, 3.05) is 7.05 Å². The van der Waals surface area contributed by atoms with Crippen molar-refractivity contribution in [1.82, 2.24) is 15.2 Å². The van der Waals surface area contributed by atoms with Crippen molar-refractivity contribution in [2.45, 2.75) is 25.9 Å². The van der Waals surface area contributed by atoms with Crippen molar-refractivity contribution in [3.8, 4) is 0 Å². The Morgan fingerprint density at radius 1 is 1.56 bits per heavy atom. The lowest BCUT2D eigenvalue weighted by molar-refractivity contribution is -0.139. The van der Waals surface area contributed by atoms with Gasteiger partial charge in [-0.05, 0) is 18.1 Å². The zero-order chi connectivity index (χ0) is 13.5. The predicted molar refractivity (Wildman–Crippen MR) is 66.0 cm³/mol. The van der Waals surface area contributed by atoms with Gasteiger partial charge in [-0.1, -0.05) is 13.0 Å². The summed E-state index contributed by atoms with van der Waals surface area (Å²) in [5.74, 6) is -1.03. The summed E-state index contributed by atoms with van der Waals surface area (Å²) in [5, 5.41) is 11.3. The van der Waals surface area contributed by atoms with Crippen LogP contribution in [-0.2, 0) is 11.3 Å². The summed E-state index contributed by atoms with van der Waals surface area (Å²) in [6.07, 6.45) is 3.67. The van der Waals surface area contributed by atoms with E-state index >= 15 is 0 Å². The van der Waals surface area contributed by atoms with Crippen LogP contribution in [0.1, 0.15) is 18.9 Å². The van der Waals surface area contributed by atoms with Crippen molar-refractivity contribution >= 4 is 12.0 Å². The van der Waals surface area contributed by atoms with Gasteiger partial charge in [0.25, 0.3) is 0 Å². The van der Waals surface area contributed by atoms with Crippen molar-refractivity contribution in [3.05, 3.63) is 30.1 Å². The van der Waals surface area contributed by atoms with Gasteiger partial charge in [-0.2, -0.15) is 0 Å². The number of urea groups is 1. The highest BCUT2D eigenvalue weighted by Crippen LogP contribution is 2.01. The molecule has 0 saturated heterocycles. The van der Waals surface area contributed by atoms with Crippen LogP contribution in [0.2, 0.25) is 0 Å². The number of nitrogens with one attached hydrogen (secondary N) is 1. The molecule has 1 aromatic rings. The van der Waals surface area contributed by atoms with Crippen molar-refractivity contribution in [1.29, 1.82) is 0 Å². The zero-order valence-corrected chi connectivity index (χ0v) is 10.5.